The molecule has 0 radical (unpaired) electrons. The van der Waals surface area contributed by atoms with Crippen molar-refractivity contribution in [2.45, 2.75) is 44.7 Å². The van der Waals surface area contributed by atoms with Gasteiger partial charge in [-0.1, -0.05) is 0 Å². The number of likely N-dealkylation sites (tertiary alicyclic amines) is 1. The van der Waals surface area contributed by atoms with Crippen molar-refractivity contribution in [2.75, 3.05) is 59.5 Å². The molecule has 0 aliphatic carbocycles. The number of aryl methyl sites for hydroxylation is 2. The van der Waals surface area contributed by atoms with Crippen LogP contribution in [-0.2, 0) is 22.6 Å². The van der Waals surface area contributed by atoms with Gasteiger partial charge >= 0.3 is 11.9 Å². The Labute approximate surface area is 195 Å². The van der Waals surface area contributed by atoms with E-state index in [1.807, 2.05) is 0 Å². The highest BCUT2D eigenvalue weighted by Gasteiger charge is 2.26. The van der Waals surface area contributed by atoms with Crippen LogP contribution in [0.4, 0.5) is 0 Å². The van der Waals surface area contributed by atoms with Gasteiger partial charge in [0.25, 0.3) is 0 Å². The molecule has 2 saturated heterocycles. The number of carboxylic acid groups (broad SMARTS) is 2. The first-order valence-corrected chi connectivity index (χ1v) is 11.9. The average molecular weight is 464 g/mol. The minimum atomic E-state index is -1.26. The first-order chi connectivity index (χ1) is 15.9. The van der Waals surface area contributed by atoms with E-state index < -0.39 is 11.9 Å². The van der Waals surface area contributed by atoms with Crippen molar-refractivity contribution in [1.29, 1.82) is 0 Å². The summed E-state index contributed by atoms with van der Waals surface area (Å²) in [5.74, 6) is -1.69. The maximum atomic E-state index is 9.55. The predicted octanol–water partition coefficient (Wildman–Crippen LogP) is 1.02. The SMILES string of the molecule is CN1CCC(N2CCN(CCOc3cc4n(n3)CCCC4)CC2)CC1.O=C(O)C=CC(=O)O. The summed E-state index contributed by atoms with van der Waals surface area (Å²) in [6, 6.07) is 2.95. The Morgan fingerprint density at radius 3 is 2.30 bits per heavy atom. The first kappa shape index (κ1) is 25.2. The van der Waals surface area contributed by atoms with Crippen LogP contribution in [0.15, 0.2) is 18.2 Å². The lowest BCUT2D eigenvalue weighted by molar-refractivity contribution is -0.134. The predicted molar refractivity (Wildman–Crippen MR) is 124 cm³/mol. The molecule has 10 nitrogen and oxygen atoms in total. The molecule has 1 aromatic heterocycles. The number of piperazine rings is 1. The lowest BCUT2D eigenvalue weighted by Crippen LogP contribution is -2.53. The number of nitrogens with zero attached hydrogens (tertiary/aromatic N) is 5. The molecule has 10 heteroatoms. The van der Waals surface area contributed by atoms with Gasteiger partial charge in [-0.3, -0.25) is 14.5 Å². The molecule has 4 rings (SSSR count). The largest absolute Gasteiger partial charge is 0.478 e. The molecule has 0 spiro atoms. The van der Waals surface area contributed by atoms with Gasteiger partial charge in [-0.25, -0.2) is 9.59 Å². The molecule has 0 saturated carbocycles. The van der Waals surface area contributed by atoms with E-state index in [1.54, 1.807) is 0 Å². The van der Waals surface area contributed by atoms with Gasteiger partial charge in [0.2, 0.25) is 5.88 Å². The molecule has 3 aliphatic rings. The third-order valence-electron chi connectivity index (χ3n) is 6.53. The van der Waals surface area contributed by atoms with E-state index in [9.17, 15) is 9.59 Å². The van der Waals surface area contributed by atoms with E-state index in [-0.39, 0.29) is 0 Å². The number of aliphatic carboxylic acids is 2. The van der Waals surface area contributed by atoms with Crippen LogP contribution in [0.3, 0.4) is 0 Å². The first-order valence-electron chi connectivity index (χ1n) is 11.9. The fraction of sp³-hybridized carbons (Fsp3) is 0.696. The third kappa shape index (κ3) is 8.45. The molecule has 0 aromatic carbocycles. The number of rotatable bonds is 7. The molecule has 0 unspecified atom stereocenters. The minimum absolute atomic E-state index is 0.558. The van der Waals surface area contributed by atoms with Crippen LogP contribution in [0.2, 0.25) is 0 Å². The minimum Gasteiger partial charge on any atom is -0.478 e. The van der Waals surface area contributed by atoms with Crippen molar-refractivity contribution < 1.29 is 24.5 Å². The number of ether oxygens (including phenoxy) is 1. The van der Waals surface area contributed by atoms with E-state index in [1.165, 1.54) is 70.6 Å². The number of fused-ring (bicyclic) bond motifs is 1. The number of carbonyl (C=O) groups is 2. The number of piperidine rings is 1. The zero-order chi connectivity index (χ0) is 23.6. The Kier molecular flexibility index (Phi) is 9.71. The monoisotopic (exact) mass is 463 g/mol. The van der Waals surface area contributed by atoms with Gasteiger partial charge in [0, 0.05) is 69.2 Å². The topological polar surface area (TPSA) is 111 Å². The van der Waals surface area contributed by atoms with Gasteiger partial charge in [0.05, 0.1) is 0 Å². The maximum Gasteiger partial charge on any atom is 0.328 e. The molecule has 2 fully saturated rings. The zero-order valence-corrected chi connectivity index (χ0v) is 19.6. The molecule has 0 bridgehead atoms. The summed E-state index contributed by atoms with van der Waals surface area (Å²) in [7, 11) is 2.24. The van der Waals surface area contributed by atoms with Crippen LogP contribution in [0.1, 0.15) is 31.4 Å². The summed E-state index contributed by atoms with van der Waals surface area (Å²) in [5.41, 5.74) is 1.34. The molecule has 184 valence electrons. The van der Waals surface area contributed by atoms with E-state index in [0.717, 1.165) is 38.0 Å². The van der Waals surface area contributed by atoms with Crippen LogP contribution in [0.5, 0.6) is 5.88 Å². The summed E-state index contributed by atoms with van der Waals surface area (Å²) < 4.78 is 8.05. The number of hydrogen-bond donors (Lipinski definition) is 2. The van der Waals surface area contributed by atoms with E-state index in [0.29, 0.717) is 12.2 Å². The molecule has 4 heterocycles. The summed E-state index contributed by atoms with van der Waals surface area (Å²) in [4.78, 5) is 26.8. The van der Waals surface area contributed by atoms with Gasteiger partial charge in [0.15, 0.2) is 0 Å². The van der Waals surface area contributed by atoms with Crippen LogP contribution in [0.25, 0.3) is 0 Å². The fourth-order valence-electron chi connectivity index (χ4n) is 4.60. The van der Waals surface area contributed by atoms with Crippen LogP contribution in [-0.4, -0.2) is 112 Å². The molecule has 0 atom stereocenters. The smallest absolute Gasteiger partial charge is 0.328 e. The molecule has 3 aliphatic heterocycles. The van der Waals surface area contributed by atoms with Crippen molar-refractivity contribution >= 4 is 11.9 Å². The summed E-state index contributed by atoms with van der Waals surface area (Å²) in [5, 5.41) is 20.2. The molecular formula is C23H37N5O5. The second-order valence-electron chi connectivity index (χ2n) is 8.92. The van der Waals surface area contributed by atoms with Gasteiger partial charge in [0.1, 0.15) is 6.61 Å². The average Bonchev–Trinajstić information content (AvgIpc) is 3.22. The normalized spacial score (nSPS) is 20.8. The lowest BCUT2D eigenvalue weighted by atomic mass is 10.0. The summed E-state index contributed by atoms with van der Waals surface area (Å²) in [6.45, 7) is 10.1. The Morgan fingerprint density at radius 1 is 1.03 bits per heavy atom. The Morgan fingerprint density at radius 2 is 1.70 bits per heavy atom. The highest BCUT2D eigenvalue weighted by Crippen LogP contribution is 2.20. The molecule has 33 heavy (non-hydrogen) atoms. The molecular weight excluding hydrogens is 426 g/mol. The van der Waals surface area contributed by atoms with Gasteiger partial charge in [-0.2, -0.15) is 0 Å². The quantitative estimate of drug-likeness (QED) is 0.573. The van der Waals surface area contributed by atoms with Crippen LogP contribution >= 0.6 is 0 Å². The van der Waals surface area contributed by atoms with Crippen molar-refractivity contribution in [3.05, 3.63) is 23.9 Å². The fourth-order valence-corrected chi connectivity index (χ4v) is 4.60. The second-order valence-corrected chi connectivity index (χ2v) is 8.92. The molecule has 1 aromatic rings. The second kappa shape index (κ2) is 12.7. The Balaban J connectivity index is 0.000000331. The summed E-state index contributed by atoms with van der Waals surface area (Å²) >= 11 is 0. The Hall–Kier alpha value is -2.43. The van der Waals surface area contributed by atoms with Crippen LogP contribution < -0.4 is 4.74 Å². The van der Waals surface area contributed by atoms with Crippen molar-refractivity contribution in [3.8, 4) is 5.88 Å². The standard InChI is InChI=1S/C19H33N5O.C4H4O4/c1-21-8-5-17(6-9-21)23-12-10-22(11-13-23)14-15-25-19-16-18-4-2-3-7-24(18)20-19;5-3(6)1-2-4(7)8/h16-17H,2-15H2,1H3;1-2H,(H,5,6)(H,7,8). The van der Waals surface area contributed by atoms with Crippen molar-refractivity contribution in [3.63, 3.8) is 0 Å². The van der Waals surface area contributed by atoms with E-state index in [4.69, 9.17) is 14.9 Å². The zero-order valence-electron chi connectivity index (χ0n) is 19.6. The number of hydrogen-bond acceptors (Lipinski definition) is 7. The van der Waals surface area contributed by atoms with Crippen molar-refractivity contribution in [2.24, 2.45) is 0 Å². The Bertz CT molecular complexity index is 756. The lowest BCUT2D eigenvalue weighted by Gasteiger charge is -2.42. The van der Waals surface area contributed by atoms with Crippen molar-refractivity contribution in [1.82, 2.24) is 24.5 Å². The van der Waals surface area contributed by atoms with Gasteiger partial charge in [-0.15, -0.1) is 5.10 Å². The summed E-state index contributed by atoms with van der Waals surface area (Å²) in [6.07, 6.45) is 7.47. The number of carboxylic acids is 2. The number of aromatic nitrogens is 2. The third-order valence-corrected chi connectivity index (χ3v) is 6.53. The molecule has 2 N–H and O–H groups in total. The van der Waals surface area contributed by atoms with E-state index >= 15 is 0 Å². The van der Waals surface area contributed by atoms with E-state index in [2.05, 4.69) is 37.6 Å². The molecule has 0 amide bonds. The highest BCUT2D eigenvalue weighted by atomic mass is 16.5. The van der Waals surface area contributed by atoms with Gasteiger partial charge < -0.3 is 19.8 Å². The van der Waals surface area contributed by atoms with Gasteiger partial charge in [-0.05, 0) is 52.2 Å². The highest BCUT2D eigenvalue weighted by molar-refractivity contribution is 5.89. The maximum absolute atomic E-state index is 9.55. The van der Waals surface area contributed by atoms with Crippen LogP contribution in [0, 0.1) is 0 Å².